The lowest BCUT2D eigenvalue weighted by Crippen LogP contribution is -2.27. The molecule has 0 bridgehead atoms. The predicted octanol–water partition coefficient (Wildman–Crippen LogP) is 4.44. The van der Waals surface area contributed by atoms with E-state index in [2.05, 4.69) is 12.2 Å². The average Bonchev–Trinajstić information content (AvgIpc) is 2.59. The van der Waals surface area contributed by atoms with Gasteiger partial charge in [0, 0.05) is 10.3 Å². The van der Waals surface area contributed by atoms with Gasteiger partial charge in [0.25, 0.3) is 0 Å². The minimum Gasteiger partial charge on any atom is -0.444 e. The Morgan fingerprint density at radius 3 is 2.76 bits per heavy atom. The Labute approximate surface area is 107 Å². The van der Waals surface area contributed by atoms with E-state index >= 15 is 0 Å². The van der Waals surface area contributed by atoms with E-state index in [0.717, 1.165) is 12.1 Å². The van der Waals surface area contributed by atoms with Gasteiger partial charge in [-0.15, -0.1) is 11.3 Å². The lowest BCUT2D eigenvalue weighted by atomic mass is 10.2. The normalized spacial score (nSPS) is 11.3. The first-order valence-electron chi connectivity index (χ1n) is 5.98. The summed E-state index contributed by atoms with van der Waals surface area (Å²) in [5, 5.41) is 4.70. The number of nitrogens with one attached hydrogen (secondary N) is 1. The maximum atomic E-state index is 11.5. The second kappa shape index (κ2) is 6.05. The lowest BCUT2D eigenvalue weighted by molar-refractivity contribution is 0.0636. The van der Waals surface area contributed by atoms with Crippen molar-refractivity contribution < 1.29 is 9.53 Å². The molecule has 1 heterocycles. The molecule has 0 aromatic carbocycles. The molecule has 1 aromatic heterocycles. The molecule has 1 rings (SSSR count). The van der Waals surface area contributed by atoms with Gasteiger partial charge in [-0.3, -0.25) is 5.32 Å². The third kappa shape index (κ3) is 5.73. The third-order valence-electron chi connectivity index (χ3n) is 2.08. The van der Waals surface area contributed by atoms with Gasteiger partial charge in [0.15, 0.2) is 0 Å². The molecular formula is C13H21NO2S. The number of unbranched alkanes of at least 4 members (excludes halogenated alkanes) is 1. The molecule has 1 N–H and O–H groups in total. The minimum atomic E-state index is -0.453. The van der Waals surface area contributed by atoms with E-state index in [-0.39, 0.29) is 0 Å². The van der Waals surface area contributed by atoms with Crippen molar-refractivity contribution in [2.75, 3.05) is 5.32 Å². The van der Waals surface area contributed by atoms with Crippen LogP contribution in [0.1, 0.15) is 45.4 Å². The Morgan fingerprint density at radius 2 is 2.18 bits per heavy atom. The molecule has 0 aliphatic carbocycles. The van der Waals surface area contributed by atoms with Gasteiger partial charge in [0.05, 0.1) is 5.69 Å². The first-order valence-corrected chi connectivity index (χ1v) is 6.86. The van der Waals surface area contributed by atoms with Crippen molar-refractivity contribution in [3.63, 3.8) is 0 Å². The number of carbonyl (C=O) groups excluding carboxylic acids is 1. The summed E-state index contributed by atoms with van der Waals surface area (Å²) >= 11 is 1.68. The molecule has 4 heteroatoms. The van der Waals surface area contributed by atoms with E-state index in [0.29, 0.717) is 0 Å². The summed E-state index contributed by atoms with van der Waals surface area (Å²) in [6.07, 6.45) is 3.06. The molecule has 0 radical (unpaired) electrons. The summed E-state index contributed by atoms with van der Waals surface area (Å²) in [5.41, 5.74) is 0.376. The summed E-state index contributed by atoms with van der Waals surface area (Å²) in [7, 11) is 0. The summed E-state index contributed by atoms with van der Waals surface area (Å²) in [4.78, 5) is 12.8. The molecule has 1 amide bonds. The van der Waals surface area contributed by atoms with Gasteiger partial charge in [-0.2, -0.15) is 0 Å². The quantitative estimate of drug-likeness (QED) is 0.863. The first kappa shape index (κ1) is 14.0. The molecule has 0 spiro atoms. The van der Waals surface area contributed by atoms with Crippen LogP contribution in [0.2, 0.25) is 0 Å². The Balaban J connectivity index is 2.46. The largest absolute Gasteiger partial charge is 0.444 e. The summed E-state index contributed by atoms with van der Waals surface area (Å²) in [6, 6.07) is 2.02. The van der Waals surface area contributed by atoms with E-state index < -0.39 is 11.7 Å². The van der Waals surface area contributed by atoms with Gasteiger partial charge in [-0.05, 0) is 39.7 Å². The molecule has 3 nitrogen and oxygen atoms in total. The van der Waals surface area contributed by atoms with Crippen LogP contribution >= 0.6 is 11.3 Å². The maximum Gasteiger partial charge on any atom is 0.412 e. The fourth-order valence-electron chi connectivity index (χ4n) is 1.35. The number of anilines is 1. The summed E-state index contributed by atoms with van der Waals surface area (Å²) in [6.45, 7) is 7.74. The van der Waals surface area contributed by atoms with Crippen molar-refractivity contribution in [3.8, 4) is 0 Å². The van der Waals surface area contributed by atoms with Crippen LogP contribution in [-0.4, -0.2) is 11.7 Å². The molecule has 0 atom stereocenters. The van der Waals surface area contributed by atoms with Crippen LogP contribution in [0.5, 0.6) is 0 Å². The molecule has 0 aliphatic heterocycles. The number of carbonyl (C=O) groups is 1. The Morgan fingerprint density at radius 1 is 1.47 bits per heavy atom. The van der Waals surface area contributed by atoms with Crippen LogP contribution in [0.3, 0.4) is 0 Å². The van der Waals surface area contributed by atoms with Crippen molar-refractivity contribution in [2.24, 2.45) is 0 Å². The van der Waals surface area contributed by atoms with Crippen LogP contribution in [0.15, 0.2) is 11.4 Å². The van der Waals surface area contributed by atoms with Crippen molar-refractivity contribution in [3.05, 3.63) is 16.3 Å². The summed E-state index contributed by atoms with van der Waals surface area (Å²) in [5.74, 6) is 0. The lowest BCUT2D eigenvalue weighted by Gasteiger charge is -2.19. The van der Waals surface area contributed by atoms with Crippen molar-refractivity contribution in [1.29, 1.82) is 0 Å². The minimum absolute atomic E-state index is 0.391. The zero-order valence-electron chi connectivity index (χ0n) is 11.0. The number of rotatable bonds is 4. The molecule has 0 saturated heterocycles. The van der Waals surface area contributed by atoms with Gasteiger partial charge < -0.3 is 4.74 Å². The van der Waals surface area contributed by atoms with Crippen LogP contribution in [-0.2, 0) is 11.2 Å². The zero-order valence-corrected chi connectivity index (χ0v) is 11.8. The second-order valence-electron chi connectivity index (χ2n) is 5.03. The Hall–Kier alpha value is -1.03. The number of hydrogen-bond donors (Lipinski definition) is 1. The van der Waals surface area contributed by atoms with Gasteiger partial charge in [0.1, 0.15) is 5.60 Å². The standard InChI is InChI=1S/C13H21NO2S/c1-5-6-7-11-8-10(9-17-11)14-12(15)16-13(2,3)4/h8-9H,5-7H2,1-4H3,(H,14,15). The highest BCUT2D eigenvalue weighted by Gasteiger charge is 2.16. The van der Waals surface area contributed by atoms with E-state index in [9.17, 15) is 4.79 Å². The molecule has 96 valence electrons. The predicted molar refractivity (Wildman–Crippen MR) is 72.8 cm³/mol. The van der Waals surface area contributed by atoms with Crippen LogP contribution in [0, 0.1) is 0 Å². The molecule has 0 fully saturated rings. The third-order valence-corrected chi connectivity index (χ3v) is 3.07. The molecule has 0 unspecified atom stereocenters. The average molecular weight is 255 g/mol. The molecule has 0 saturated carbocycles. The highest BCUT2D eigenvalue weighted by atomic mass is 32.1. The van der Waals surface area contributed by atoms with Crippen molar-refractivity contribution in [2.45, 2.75) is 52.6 Å². The monoisotopic (exact) mass is 255 g/mol. The van der Waals surface area contributed by atoms with Crippen molar-refractivity contribution in [1.82, 2.24) is 0 Å². The Bertz CT molecular complexity index is 366. The van der Waals surface area contributed by atoms with E-state index in [1.165, 1.54) is 17.7 Å². The van der Waals surface area contributed by atoms with E-state index in [1.807, 2.05) is 32.2 Å². The smallest absolute Gasteiger partial charge is 0.412 e. The molecular weight excluding hydrogens is 234 g/mol. The van der Waals surface area contributed by atoms with Gasteiger partial charge in [-0.1, -0.05) is 13.3 Å². The number of hydrogen-bond acceptors (Lipinski definition) is 3. The highest BCUT2D eigenvalue weighted by Crippen LogP contribution is 2.21. The van der Waals surface area contributed by atoms with Gasteiger partial charge >= 0.3 is 6.09 Å². The van der Waals surface area contributed by atoms with Crippen molar-refractivity contribution >= 4 is 23.1 Å². The topological polar surface area (TPSA) is 38.3 Å². The fraction of sp³-hybridized carbons (Fsp3) is 0.615. The number of thiophene rings is 1. The first-order chi connectivity index (χ1) is 7.90. The van der Waals surface area contributed by atoms with Gasteiger partial charge in [-0.25, -0.2) is 4.79 Å². The number of amides is 1. The van der Waals surface area contributed by atoms with Crippen LogP contribution in [0.4, 0.5) is 10.5 Å². The fourth-order valence-corrected chi connectivity index (χ4v) is 2.21. The zero-order chi connectivity index (χ0) is 12.9. The van der Waals surface area contributed by atoms with E-state index in [4.69, 9.17) is 4.74 Å². The SMILES string of the molecule is CCCCc1cc(NC(=O)OC(C)(C)C)cs1. The van der Waals surface area contributed by atoms with Crippen LogP contribution in [0.25, 0.3) is 0 Å². The molecule has 1 aromatic rings. The van der Waals surface area contributed by atoms with E-state index in [1.54, 1.807) is 11.3 Å². The molecule has 17 heavy (non-hydrogen) atoms. The van der Waals surface area contributed by atoms with Crippen LogP contribution < -0.4 is 5.32 Å². The number of ether oxygens (including phenoxy) is 1. The molecule has 0 aliphatic rings. The highest BCUT2D eigenvalue weighted by molar-refractivity contribution is 7.10. The Kier molecular flexibility index (Phi) is 5.00. The number of aryl methyl sites for hydroxylation is 1. The van der Waals surface area contributed by atoms with Gasteiger partial charge in [0.2, 0.25) is 0 Å². The second-order valence-corrected chi connectivity index (χ2v) is 6.03. The maximum absolute atomic E-state index is 11.5. The summed E-state index contributed by atoms with van der Waals surface area (Å²) < 4.78 is 5.19.